The van der Waals surface area contributed by atoms with Gasteiger partial charge in [-0.15, -0.1) is 24.0 Å². The fourth-order valence-corrected chi connectivity index (χ4v) is 2.96. The molecule has 0 spiro atoms. The number of aromatic nitrogens is 2. The summed E-state index contributed by atoms with van der Waals surface area (Å²) < 4.78 is 2.16. The third-order valence-corrected chi connectivity index (χ3v) is 4.18. The lowest BCUT2D eigenvalue weighted by Gasteiger charge is -2.22. The molecular weight excluding hydrogens is 327 g/mol. The minimum Gasteiger partial charge on any atom is -0.326 e. The molecule has 0 amide bonds. The smallest absolute Gasteiger partial charge is 0.0954 e. The normalized spacial score (nSPS) is 12.0. The molecule has 0 aliphatic carbocycles. The van der Waals surface area contributed by atoms with Crippen molar-refractivity contribution in [3.63, 3.8) is 0 Å². The molecule has 1 unspecified atom stereocenters. The summed E-state index contributed by atoms with van der Waals surface area (Å²) >= 11 is 12.4. The van der Waals surface area contributed by atoms with E-state index in [4.69, 9.17) is 23.2 Å². The van der Waals surface area contributed by atoms with Gasteiger partial charge in [0, 0.05) is 11.2 Å². The fourth-order valence-electron chi connectivity index (χ4n) is 2.49. The van der Waals surface area contributed by atoms with E-state index < -0.39 is 0 Å². The lowest BCUT2D eigenvalue weighted by Crippen LogP contribution is -2.12. The summed E-state index contributed by atoms with van der Waals surface area (Å²) in [6.45, 7) is 2.21. The Labute approximate surface area is 142 Å². The second-order valence-electron chi connectivity index (χ2n) is 4.96. The quantitative estimate of drug-likeness (QED) is 0.452. The molecule has 0 saturated heterocycles. The van der Waals surface area contributed by atoms with Crippen LogP contribution in [0.2, 0.25) is 5.02 Å². The number of imidazole rings is 1. The first-order valence-electron chi connectivity index (χ1n) is 7.09. The first-order valence-corrected chi connectivity index (χ1v) is 8.00. The summed E-state index contributed by atoms with van der Waals surface area (Å²) in [5, 5.41) is 0.809. The fraction of sp³-hybridized carbons (Fsp3) is 0.438. The maximum absolute atomic E-state index is 6.38. The highest BCUT2D eigenvalue weighted by Gasteiger charge is 2.18. The van der Waals surface area contributed by atoms with E-state index in [2.05, 4.69) is 22.5 Å². The Hall–Kier alpha value is -0.700. The average Bonchev–Trinajstić information content (AvgIpc) is 2.93. The monoisotopic (exact) mass is 346 g/mol. The molecule has 0 radical (unpaired) electrons. The Balaban J connectivity index is 0.00000220. The second kappa shape index (κ2) is 9.34. The molecule has 2 rings (SSSR count). The number of alkyl halides is 1. The van der Waals surface area contributed by atoms with Crippen molar-refractivity contribution in [2.75, 3.05) is 0 Å². The summed E-state index contributed by atoms with van der Waals surface area (Å²) in [5.41, 5.74) is 2.18. The summed E-state index contributed by atoms with van der Waals surface area (Å²) in [5.74, 6) is 0.467. The molecule has 1 aromatic carbocycles. The number of hydrogen-bond acceptors (Lipinski definition) is 1. The van der Waals surface area contributed by atoms with Gasteiger partial charge in [0.1, 0.15) is 0 Å². The molecule has 1 heterocycles. The molecule has 0 N–H and O–H groups in total. The molecule has 1 atom stereocenters. The predicted molar refractivity (Wildman–Crippen MR) is 92.8 cm³/mol. The molecule has 0 bridgehead atoms. The van der Waals surface area contributed by atoms with Gasteiger partial charge in [0.15, 0.2) is 0 Å². The Kier molecular flexibility index (Phi) is 8.16. The van der Waals surface area contributed by atoms with E-state index in [-0.39, 0.29) is 18.4 Å². The van der Waals surface area contributed by atoms with Gasteiger partial charge in [0.25, 0.3) is 0 Å². The van der Waals surface area contributed by atoms with Crippen LogP contribution in [0, 0.1) is 0 Å². The lowest BCUT2D eigenvalue weighted by atomic mass is 10.00. The molecule has 2 nitrogen and oxygen atoms in total. The number of benzene rings is 1. The van der Waals surface area contributed by atoms with Crippen LogP contribution in [0.5, 0.6) is 0 Å². The Morgan fingerprint density at radius 2 is 2.00 bits per heavy atom. The average molecular weight is 348 g/mol. The lowest BCUT2D eigenvalue weighted by molar-refractivity contribution is 0.496. The first-order chi connectivity index (χ1) is 9.77. The summed E-state index contributed by atoms with van der Waals surface area (Å²) in [7, 11) is 0. The minimum absolute atomic E-state index is 0. The van der Waals surface area contributed by atoms with Gasteiger partial charge in [-0.05, 0) is 18.1 Å². The predicted octanol–water partition coefficient (Wildman–Crippen LogP) is 5.87. The Bertz CT molecular complexity index is 540. The van der Waals surface area contributed by atoms with Crippen molar-refractivity contribution in [3.8, 4) is 0 Å². The highest BCUT2D eigenvalue weighted by molar-refractivity contribution is 6.31. The highest BCUT2D eigenvalue weighted by atomic mass is 35.5. The molecule has 21 heavy (non-hydrogen) atoms. The van der Waals surface area contributed by atoms with Crippen LogP contribution in [0.15, 0.2) is 36.8 Å². The van der Waals surface area contributed by atoms with Gasteiger partial charge in [0.2, 0.25) is 0 Å². The van der Waals surface area contributed by atoms with Crippen LogP contribution >= 0.6 is 35.6 Å². The second-order valence-corrected chi connectivity index (χ2v) is 5.63. The molecule has 1 aromatic heterocycles. The zero-order chi connectivity index (χ0) is 14.4. The molecule has 0 aliphatic heterocycles. The summed E-state index contributed by atoms with van der Waals surface area (Å²) in [6.07, 6.45) is 8.35. The van der Waals surface area contributed by atoms with E-state index in [0.717, 1.165) is 22.7 Å². The van der Waals surface area contributed by atoms with Crippen molar-refractivity contribution in [1.82, 2.24) is 9.55 Å². The van der Waals surface area contributed by atoms with Gasteiger partial charge in [-0.2, -0.15) is 0 Å². The summed E-state index contributed by atoms with van der Waals surface area (Å²) in [4.78, 5) is 4.23. The van der Waals surface area contributed by atoms with Crippen molar-refractivity contribution < 1.29 is 0 Å². The number of hydrogen-bond donors (Lipinski definition) is 0. The van der Waals surface area contributed by atoms with E-state index in [0.29, 0.717) is 5.88 Å². The summed E-state index contributed by atoms with van der Waals surface area (Å²) in [6, 6.07) is 8.25. The number of rotatable bonds is 7. The zero-order valence-electron chi connectivity index (χ0n) is 12.1. The third kappa shape index (κ3) is 4.64. The van der Waals surface area contributed by atoms with E-state index in [1.807, 2.05) is 30.7 Å². The van der Waals surface area contributed by atoms with Crippen molar-refractivity contribution in [3.05, 3.63) is 53.1 Å². The van der Waals surface area contributed by atoms with E-state index in [1.165, 1.54) is 19.3 Å². The largest absolute Gasteiger partial charge is 0.326 e. The SMILES string of the molecule is CCCCCC(c1ccccc1Cl)n1cncc1CCl.Cl. The van der Waals surface area contributed by atoms with Crippen LogP contribution in [0.3, 0.4) is 0 Å². The Morgan fingerprint density at radius 3 is 2.67 bits per heavy atom. The molecule has 0 fully saturated rings. The molecule has 116 valence electrons. The molecule has 5 heteroatoms. The molecule has 0 saturated carbocycles. The van der Waals surface area contributed by atoms with Gasteiger partial charge < -0.3 is 4.57 Å². The van der Waals surface area contributed by atoms with Crippen LogP contribution in [-0.2, 0) is 5.88 Å². The van der Waals surface area contributed by atoms with Gasteiger partial charge in [0.05, 0.1) is 23.9 Å². The third-order valence-electron chi connectivity index (χ3n) is 3.56. The van der Waals surface area contributed by atoms with Crippen LogP contribution < -0.4 is 0 Å². The van der Waals surface area contributed by atoms with Crippen LogP contribution in [0.25, 0.3) is 0 Å². The topological polar surface area (TPSA) is 17.8 Å². The maximum Gasteiger partial charge on any atom is 0.0954 e. The van der Waals surface area contributed by atoms with E-state index >= 15 is 0 Å². The van der Waals surface area contributed by atoms with Crippen molar-refractivity contribution in [1.29, 1.82) is 0 Å². The standard InChI is InChI=1S/C16H20Cl2N2.ClH/c1-2-3-4-9-16(14-7-5-6-8-15(14)18)20-12-19-11-13(20)10-17;/h5-8,11-12,16H,2-4,9-10H2,1H3;1H. The highest BCUT2D eigenvalue weighted by Crippen LogP contribution is 2.31. The molecular formula is C16H21Cl3N2. The van der Waals surface area contributed by atoms with E-state index in [9.17, 15) is 0 Å². The molecule has 2 aromatic rings. The van der Waals surface area contributed by atoms with Crippen molar-refractivity contribution >= 4 is 35.6 Å². The first kappa shape index (κ1) is 18.3. The van der Waals surface area contributed by atoms with E-state index in [1.54, 1.807) is 0 Å². The van der Waals surface area contributed by atoms with Crippen molar-refractivity contribution in [2.24, 2.45) is 0 Å². The van der Waals surface area contributed by atoms with Crippen molar-refractivity contribution in [2.45, 2.75) is 44.5 Å². The van der Waals surface area contributed by atoms with Gasteiger partial charge >= 0.3 is 0 Å². The Morgan fingerprint density at radius 1 is 1.24 bits per heavy atom. The maximum atomic E-state index is 6.38. The van der Waals surface area contributed by atoms with Crippen LogP contribution in [0.4, 0.5) is 0 Å². The number of halogens is 3. The minimum atomic E-state index is 0. The van der Waals surface area contributed by atoms with Gasteiger partial charge in [-0.1, -0.05) is 56.0 Å². The number of unbranched alkanes of at least 4 members (excludes halogenated alkanes) is 2. The number of nitrogens with zero attached hydrogens (tertiary/aromatic N) is 2. The molecule has 0 aliphatic rings. The zero-order valence-corrected chi connectivity index (χ0v) is 14.5. The van der Waals surface area contributed by atoms with Crippen LogP contribution in [-0.4, -0.2) is 9.55 Å². The van der Waals surface area contributed by atoms with Crippen LogP contribution in [0.1, 0.15) is 49.9 Å². The van der Waals surface area contributed by atoms with Gasteiger partial charge in [-0.25, -0.2) is 4.98 Å². The van der Waals surface area contributed by atoms with Gasteiger partial charge in [-0.3, -0.25) is 0 Å².